The number of aryl methyl sites for hydroxylation is 2. The highest BCUT2D eigenvalue weighted by Crippen LogP contribution is 2.43. The van der Waals surface area contributed by atoms with Gasteiger partial charge in [0.05, 0.1) is 35.6 Å². The number of allylic oxidation sites excluding steroid dienone is 1. The van der Waals surface area contributed by atoms with Gasteiger partial charge in [0.15, 0.2) is 5.13 Å². The number of methoxy groups -OCH3 is 1. The van der Waals surface area contributed by atoms with E-state index in [4.69, 9.17) is 4.74 Å². The van der Waals surface area contributed by atoms with E-state index in [0.717, 1.165) is 27.8 Å². The van der Waals surface area contributed by atoms with E-state index in [1.54, 1.807) is 36.5 Å². The molecule has 0 saturated carbocycles. The third kappa shape index (κ3) is 5.46. The number of hydrogen-bond donors (Lipinski definition) is 1. The third-order valence-electron chi connectivity index (χ3n) is 7.61. The van der Waals surface area contributed by atoms with Gasteiger partial charge in [-0.1, -0.05) is 12.1 Å². The summed E-state index contributed by atoms with van der Waals surface area (Å²) in [4.78, 5) is 35.8. The van der Waals surface area contributed by atoms with Crippen LogP contribution in [-0.4, -0.2) is 46.4 Å². The van der Waals surface area contributed by atoms with Crippen LogP contribution in [0.4, 0.5) is 29.9 Å². The highest BCUT2D eigenvalue weighted by atomic mass is 32.1. The van der Waals surface area contributed by atoms with Crippen molar-refractivity contribution >= 4 is 34.1 Å². The molecule has 10 nitrogen and oxygen atoms in total. The summed E-state index contributed by atoms with van der Waals surface area (Å²) < 4.78 is 47.3. The summed E-state index contributed by atoms with van der Waals surface area (Å²) in [6.45, 7) is 5.99. The van der Waals surface area contributed by atoms with Gasteiger partial charge in [0.1, 0.15) is 6.04 Å². The Kier molecular flexibility index (Phi) is 8.09. The van der Waals surface area contributed by atoms with Gasteiger partial charge < -0.3 is 9.64 Å². The minimum Gasteiger partial charge on any atom is -0.466 e. The molecule has 0 saturated heterocycles. The highest BCUT2D eigenvalue weighted by molar-refractivity contribution is 7.15. The zero-order chi connectivity index (χ0) is 31.9. The normalized spacial score (nSPS) is 14.8. The Hall–Kier alpha value is -4.90. The van der Waals surface area contributed by atoms with Crippen LogP contribution in [0.5, 0.6) is 0 Å². The van der Waals surface area contributed by atoms with E-state index in [2.05, 4.69) is 21.3 Å². The number of alkyl halides is 3. The molecule has 2 aromatic heterocycles. The highest BCUT2D eigenvalue weighted by Gasteiger charge is 2.41. The molecule has 228 valence electrons. The van der Waals surface area contributed by atoms with E-state index >= 15 is 0 Å². The van der Waals surface area contributed by atoms with Crippen molar-refractivity contribution in [1.82, 2.24) is 19.7 Å². The second kappa shape index (κ2) is 11.6. The number of benzene rings is 2. The Bertz CT molecular complexity index is 1860. The molecule has 5 rings (SSSR count). The first-order valence-electron chi connectivity index (χ1n) is 13.5. The van der Waals surface area contributed by atoms with E-state index in [1.807, 2.05) is 25.8 Å². The maximum atomic E-state index is 13.6. The van der Waals surface area contributed by atoms with Gasteiger partial charge in [-0.25, -0.2) is 24.2 Å². The number of likely N-dealkylation sites (N-methyl/N-ethyl adjacent to an activating group) is 1. The first-order chi connectivity index (χ1) is 20.8. The molecule has 14 heteroatoms. The van der Waals surface area contributed by atoms with Crippen LogP contribution in [0.25, 0.3) is 0 Å². The lowest BCUT2D eigenvalue weighted by Gasteiger charge is -2.36. The summed E-state index contributed by atoms with van der Waals surface area (Å²) in [7, 11) is 3.09. The molecule has 0 aliphatic carbocycles. The Labute approximate surface area is 254 Å². The van der Waals surface area contributed by atoms with Crippen molar-refractivity contribution in [2.75, 3.05) is 30.5 Å². The largest absolute Gasteiger partial charge is 0.466 e. The molecule has 2 aromatic carbocycles. The summed E-state index contributed by atoms with van der Waals surface area (Å²) >= 11 is 1.56. The van der Waals surface area contributed by atoms with Crippen LogP contribution in [0.3, 0.4) is 0 Å². The number of aromatic nitrogens is 4. The fourth-order valence-electron chi connectivity index (χ4n) is 5.24. The monoisotopic (exact) mass is 623 g/mol. The van der Waals surface area contributed by atoms with Crippen molar-refractivity contribution in [2.45, 2.75) is 39.4 Å². The van der Waals surface area contributed by atoms with Crippen molar-refractivity contribution in [3.63, 3.8) is 0 Å². The number of carbonyl (C=O) groups is 1. The molecule has 1 N–H and O–H groups in total. The average molecular weight is 624 g/mol. The molecule has 0 amide bonds. The van der Waals surface area contributed by atoms with E-state index in [9.17, 15) is 28.0 Å². The number of nitriles is 1. The van der Waals surface area contributed by atoms with E-state index in [0.29, 0.717) is 29.7 Å². The molecular weight excluding hydrogens is 595 g/mol. The number of H-pyrrole nitrogens is 1. The lowest BCUT2D eigenvalue weighted by molar-refractivity contribution is -0.138. The van der Waals surface area contributed by atoms with Crippen LogP contribution in [0.15, 0.2) is 58.5 Å². The lowest BCUT2D eigenvalue weighted by atomic mass is 9.89. The van der Waals surface area contributed by atoms with Gasteiger partial charge in [-0.15, -0.1) is 16.4 Å². The van der Waals surface area contributed by atoms with Gasteiger partial charge in [-0.05, 0) is 68.7 Å². The van der Waals surface area contributed by atoms with Crippen molar-refractivity contribution in [3.05, 3.63) is 97.0 Å². The number of halogens is 3. The number of nitrogens with zero attached hydrogens (tertiary/aromatic N) is 6. The summed E-state index contributed by atoms with van der Waals surface area (Å²) in [5.41, 5.74) is 1.27. The summed E-state index contributed by atoms with van der Waals surface area (Å²) in [5, 5.41) is 17.0. The Balaban J connectivity index is 1.67. The SMILES string of the molecule is COC(=O)C1=C(C)N(c2cccc(C(F)(F)F)c2)c2n[nH]c(=O)n2[C@@H]1c1ccc(C#N)cc1CCN(C)c1nc(C)c(C)s1. The fraction of sp³-hybridized carbons (Fsp3) is 0.300. The summed E-state index contributed by atoms with van der Waals surface area (Å²) in [6.07, 6.45) is -4.20. The zero-order valence-electron chi connectivity index (χ0n) is 24.5. The third-order valence-corrected chi connectivity index (χ3v) is 8.79. The maximum Gasteiger partial charge on any atom is 0.416 e. The summed E-state index contributed by atoms with van der Waals surface area (Å²) in [6, 6.07) is 10.6. The molecule has 0 spiro atoms. The van der Waals surface area contributed by atoms with Gasteiger partial charge in [-0.2, -0.15) is 18.4 Å². The molecule has 4 aromatic rings. The molecule has 1 aliphatic rings. The molecule has 0 bridgehead atoms. The molecule has 3 heterocycles. The number of fused-ring (bicyclic) bond motifs is 1. The smallest absolute Gasteiger partial charge is 0.416 e. The number of hydrogen-bond acceptors (Lipinski definition) is 9. The molecule has 0 radical (unpaired) electrons. The number of esters is 1. The van der Waals surface area contributed by atoms with E-state index in [1.165, 1.54) is 28.7 Å². The molecular formula is C30H28F3N7O3S. The van der Waals surface area contributed by atoms with E-state index < -0.39 is 29.4 Å². The number of thiazole rings is 1. The minimum atomic E-state index is -4.62. The Morgan fingerprint density at radius 1 is 1.20 bits per heavy atom. The van der Waals surface area contributed by atoms with E-state index in [-0.39, 0.29) is 22.9 Å². The van der Waals surface area contributed by atoms with Crippen molar-refractivity contribution in [2.24, 2.45) is 0 Å². The predicted octanol–water partition coefficient (Wildman–Crippen LogP) is 5.40. The standard InChI is InChI=1S/C30H28F3N7O3S/c1-16-18(3)44-29(35-16)38(4)12-11-20-13-19(15-34)9-10-23(20)25-24(26(41)43-5)17(2)39(27-36-37-28(42)40(25)27)22-8-6-7-21(14-22)30(31,32)33/h6-10,13-14,25H,11-12H2,1-5H3,(H,37,42)/t25-/m1/s1. The van der Waals surface area contributed by atoms with Crippen LogP contribution >= 0.6 is 11.3 Å². The number of anilines is 3. The quantitative estimate of drug-likeness (QED) is 0.272. The van der Waals surface area contributed by atoms with Crippen molar-refractivity contribution in [1.29, 1.82) is 5.26 Å². The van der Waals surface area contributed by atoms with Crippen molar-refractivity contribution < 1.29 is 22.7 Å². The van der Waals surface area contributed by atoms with Crippen LogP contribution in [0.1, 0.15) is 45.8 Å². The van der Waals surface area contributed by atoms with Gasteiger partial charge >= 0.3 is 17.8 Å². The molecule has 0 unspecified atom stereocenters. The number of ether oxygens (including phenoxy) is 1. The topological polar surface area (TPSA) is 120 Å². The first kappa shape index (κ1) is 30.6. The Morgan fingerprint density at radius 3 is 2.59 bits per heavy atom. The average Bonchev–Trinajstić information content (AvgIpc) is 3.55. The minimum absolute atomic E-state index is 0.00867. The molecule has 0 fully saturated rings. The van der Waals surface area contributed by atoms with Crippen LogP contribution in [0.2, 0.25) is 0 Å². The summed E-state index contributed by atoms with van der Waals surface area (Å²) in [5.74, 6) is -0.782. The van der Waals surface area contributed by atoms with Crippen LogP contribution in [0, 0.1) is 25.2 Å². The number of rotatable bonds is 7. The molecule has 1 atom stereocenters. The second-order valence-corrected chi connectivity index (χ2v) is 11.5. The van der Waals surface area contributed by atoms with Gasteiger partial charge in [0.25, 0.3) is 0 Å². The maximum absolute atomic E-state index is 13.6. The van der Waals surface area contributed by atoms with Gasteiger partial charge in [0, 0.05) is 29.9 Å². The number of nitrogens with one attached hydrogen (secondary N) is 1. The number of carbonyl (C=O) groups excluding carboxylic acids is 1. The van der Waals surface area contributed by atoms with Crippen LogP contribution < -0.4 is 15.5 Å². The van der Waals surface area contributed by atoms with Gasteiger partial charge in [-0.3, -0.25) is 4.90 Å². The second-order valence-electron chi connectivity index (χ2n) is 10.3. The Morgan fingerprint density at radius 2 is 1.95 bits per heavy atom. The first-order valence-corrected chi connectivity index (χ1v) is 14.3. The predicted molar refractivity (Wildman–Crippen MR) is 159 cm³/mol. The zero-order valence-corrected chi connectivity index (χ0v) is 25.3. The van der Waals surface area contributed by atoms with Crippen LogP contribution in [-0.2, 0) is 22.1 Å². The molecule has 44 heavy (non-hydrogen) atoms. The number of aromatic amines is 1. The fourth-order valence-corrected chi connectivity index (χ4v) is 6.14. The molecule has 1 aliphatic heterocycles. The van der Waals surface area contributed by atoms with Crippen molar-refractivity contribution in [3.8, 4) is 6.07 Å². The van der Waals surface area contributed by atoms with Gasteiger partial charge in [0.2, 0.25) is 5.95 Å². The lowest BCUT2D eigenvalue weighted by Crippen LogP contribution is -2.38.